The molecule has 8 nitrogen and oxygen atoms in total. The molecule has 1 rings (SSSR count). The second-order valence-electron chi connectivity index (χ2n) is 5.64. The molecule has 25 heavy (non-hydrogen) atoms. The van der Waals surface area contributed by atoms with Crippen LogP contribution in [0.3, 0.4) is 0 Å². The maximum atomic E-state index is 12.4. The summed E-state index contributed by atoms with van der Waals surface area (Å²) in [4.78, 5) is 37.3. The topological polar surface area (TPSA) is 93.0 Å². The molecule has 0 N–H and O–H groups in total. The minimum Gasteiger partial charge on any atom is -0.469 e. The van der Waals surface area contributed by atoms with Crippen molar-refractivity contribution in [1.82, 2.24) is 9.80 Å². The number of hydrogen-bond donors (Lipinski definition) is 0. The fourth-order valence-electron chi connectivity index (χ4n) is 1.96. The van der Waals surface area contributed by atoms with E-state index in [0.717, 1.165) is 0 Å². The first kappa shape index (κ1) is 20.3. The average Bonchev–Trinajstić information content (AvgIpc) is 2.59. The molecule has 0 aliphatic heterocycles. The van der Waals surface area contributed by atoms with E-state index in [2.05, 4.69) is 4.74 Å². The van der Waals surface area contributed by atoms with Gasteiger partial charge in [0.15, 0.2) is 0 Å². The Kier molecular flexibility index (Phi) is 8.28. The van der Waals surface area contributed by atoms with Crippen LogP contribution in [0.15, 0.2) is 30.3 Å². The van der Waals surface area contributed by atoms with Crippen molar-refractivity contribution in [3.8, 4) is 0 Å². The zero-order valence-electron chi connectivity index (χ0n) is 14.7. The van der Waals surface area contributed by atoms with Crippen LogP contribution in [0.2, 0.25) is 0 Å². The molecule has 0 saturated carbocycles. The van der Waals surface area contributed by atoms with Gasteiger partial charge in [0.05, 0.1) is 18.5 Å². The smallest absolute Gasteiger partial charge is 0.307 e. The number of rotatable bonds is 9. The number of benzene rings is 1. The van der Waals surface area contributed by atoms with Gasteiger partial charge >= 0.3 is 5.97 Å². The van der Waals surface area contributed by atoms with Gasteiger partial charge < -0.3 is 14.5 Å². The Morgan fingerprint density at radius 2 is 1.80 bits per heavy atom. The van der Waals surface area contributed by atoms with E-state index in [1.165, 1.54) is 25.3 Å². The molecular formula is C17H23N3O5. The number of amides is 1. The summed E-state index contributed by atoms with van der Waals surface area (Å²) < 4.78 is 4.61. The third-order valence-corrected chi connectivity index (χ3v) is 3.46. The molecule has 0 saturated heterocycles. The van der Waals surface area contributed by atoms with Gasteiger partial charge in [-0.15, -0.1) is 0 Å². The van der Waals surface area contributed by atoms with Gasteiger partial charge in [-0.1, -0.05) is 0 Å². The Morgan fingerprint density at radius 3 is 2.32 bits per heavy atom. The number of esters is 1. The number of non-ortho nitro benzene ring substituents is 1. The predicted molar refractivity (Wildman–Crippen MR) is 93.9 cm³/mol. The van der Waals surface area contributed by atoms with Crippen LogP contribution in [0.5, 0.6) is 0 Å². The molecule has 1 aromatic carbocycles. The molecule has 0 aromatic heterocycles. The van der Waals surface area contributed by atoms with Gasteiger partial charge in [-0.3, -0.25) is 19.7 Å². The summed E-state index contributed by atoms with van der Waals surface area (Å²) in [6.07, 6.45) is 3.11. The molecule has 0 radical (unpaired) electrons. The summed E-state index contributed by atoms with van der Waals surface area (Å²) in [6, 6.07) is 5.90. The van der Waals surface area contributed by atoms with E-state index in [4.69, 9.17) is 0 Å². The van der Waals surface area contributed by atoms with Crippen LogP contribution in [-0.4, -0.2) is 67.4 Å². The van der Waals surface area contributed by atoms with Gasteiger partial charge in [-0.05, 0) is 37.9 Å². The maximum Gasteiger partial charge on any atom is 0.307 e. The van der Waals surface area contributed by atoms with Crippen molar-refractivity contribution < 1.29 is 19.2 Å². The summed E-state index contributed by atoms with van der Waals surface area (Å²) in [5, 5.41) is 10.6. The van der Waals surface area contributed by atoms with E-state index >= 15 is 0 Å². The Labute approximate surface area is 146 Å². The van der Waals surface area contributed by atoms with Crippen molar-refractivity contribution >= 4 is 23.6 Å². The highest BCUT2D eigenvalue weighted by Crippen LogP contribution is 2.13. The van der Waals surface area contributed by atoms with Gasteiger partial charge in [0.25, 0.3) is 5.69 Å². The minimum atomic E-state index is -0.478. The van der Waals surface area contributed by atoms with E-state index in [1.54, 1.807) is 23.1 Å². The summed E-state index contributed by atoms with van der Waals surface area (Å²) in [7, 11) is 5.11. The van der Waals surface area contributed by atoms with Crippen molar-refractivity contribution in [2.45, 2.75) is 6.42 Å². The number of carbonyl (C=O) groups is 2. The molecule has 8 heteroatoms. The molecule has 0 unspecified atom stereocenters. The van der Waals surface area contributed by atoms with Crippen LogP contribution in [0.1, 0.15) is 12.0 Å². The number of hydrogen-bond acceptors (Lipinski definition) is 6. The van der Waals surface area contributed by atoms with E-state index in [9.17, 15) is 19.7 Å². The van der Waals surface area contributed by atoms with Gasteiger partial charge in [0.1, 0.15) is 0 Å². The van der Waals surface area contributed by atoms with Crippen molar-refractivity contribution in [2.24, 2.45) is 0 Å². The summed E-state index contributed by atoms with van der Waals surface area (Å²) in [6.45, 7) is 1.41. The standard InChI is InChI=1S/C17H23N3O5/c1-18(2)12-13-19(11-10-17(22)25-3)16(21)9-6-14-4-7-15(8-5-14)20(23)24/h4-9H,10-13H2,1-3H3/b9-6+. The summed E-state index contributed by atoms with van der Waals surface area (Å²) in [5.41, 5.74) is 0.675. The lowest BCUT2D eigenvalue weighted by atomic mass is 10.2. The maximum absolute atomic E-state index is 12.4. The Hall–Kier alpha value is -2.74. The summed E-state index contributed by atoms with van der Waals surface area (Å²) in [5.74, 6) is -0.605. The molecule has 1 amide bonds. The largest absolute Gasteiger partial charge is 0.469 e. The number of nitrogens with zero attached hydrogens (tertiary/aromatic N) is 3. The SMILES string of the molecule is COC(=O)CCN(CCN(C)C)C(=O)/C=C/c1ccc([N+](=O)[O-])cc1. The second kappa shape index (κ2) is 10.2. The number of nitro groups is 1. The Bertz CT molecular complexity index is 626. The normalized spacial score (nSPS) is 10.9. The molecule has 0 aliphatic rings. The van der Waals surface area contributed by atoms with Crippen molar-refractivity contribution in [3.05, 3.63) is 46.0 Å². The van der Waals surface area contributed by atoms with Crippen molar-refractivity contribution in [1.29, 1.82) is 0 Å². The monoisotopic (exact) mass is 349 g/mol. The molecule has 0 bridgehead atoms. The zero-order chi connectivity index (χ0) is 18.8. The number of ether oxygens (including phenoxy) is 1. The van der Waals surface area contributed by atoms with E-state index in [0.29, 0.717) is 18.7 Å². The lowest BCUT2D eigenvalue weighted by Crippen LogP contribution is -2.37. The predicted octanol–water partition coefficient (Wildman–Crippen LogP) is 1.56. The second-order valence-corrected chi connectivity index (χ2v) is 5.64. The Balaban J connectivity index is 2.73. The van der Waals surface area contributed by atoms with Crippen LogP contribution >= 0.6 is 0 Å². The van der Waals surface area contributed by atoms with Crippen LogP contribution in [0.25, 0.3) is 6.08 Å². The minimum absolute atomic E-state index is 0.00540. The van der Waals surface area contributed by atoms with E-state index in [-0.39, 0.29) is 30.5 Å². The highest BCUT2D eigenvalue weighted by Gasteiger charge is 2.13. The third-order valence-electron chi connectivity index (χ3n) is 3.46. The lowest BCUT2D eigenvalue weighted by Gasteiger charge is -2.22. The molecule has 136 valence electrons. The fraction of sp³-hybridized carbons (Fsp3) is 0.412. The number of methoxy groups -OCH3 is 1. The lowest BCUT2D eigenvalue weighted by molar-refractivity contribution is -0.384. The number of carbonyl (C=O) groups excluding carboxylic acids is 2. The van der Waals surface area contributed by atoms with Crippen molar-refractivity contribution in [3.63, 3.8) is 0 Å². The average molecular weight is 349 g/mol. The highest BCUT2D eigenvalue weighted by atomic mass is 16.6. The van der Waals surface area contributed by atoms with Gasteiger partial charge in [-0.25, -0.2) is 0 Å². The molecule has 0 aliphatic carbocycles. The van der Waals surface area contributed by atoms with E-state index < -0.39 is 4.92 Å². The van der Waals surface area contributed by atoms with E-state index in [1.807, 2.05) is 19.0 Å². The summed E-state index contributed by atoms with van der Waals surface area (Å²) >= 11 is 0. The molecule has 0 spiro atoms. The number of nitro benzene ring substituents is 1. The quantitative estimate of drug-likeness (QED) is 0.291. The first-order valence-electron chi connectivity index (χ1n) is 7.76. The first-order chi connectivity index (χ1) is 11.8. The first-order valence-corrected chi connectivity index (χ1v) is 7.76. The Morgan fingerprint density at radius 1 is 1.16 bits per heavy atom. The molecule has 0 atom stereocenters. The van der Waals surface area contributed by atoms with Crippen LogP contribution in [-0.2, 0) is 14.3 Å². The van der Waals surface area contributed by atoms with Gasteiger partial charge in [0, 0.05) is 37.8 Å². The van der Waals surface area contributed by atoms with Crippen LogP contribution in [0.4, 0.5) is 5.69 Å². The number of likely N-dealkylation sites (N-methyl/N-ethyl adjacent to an activating group) is 1. The van der Waals surface area contributed by atoms with Crippen LogP contribution < -0.4 is 0 Å². The third kappa shape index (κ3) is 7.58. The molecular weight excluding hydrogens is 326 g/mol. The molecule has 0 fully saturated rings. The highest BCUT2D eigenvalue weighted by molar-refractivity contribution is 5.92. The molecule has 0 heterocycles. The van der Waals surface area contributed by atoms with Gasteiger partial charge in [0.2, 0.25) is 5.91 Å². The molecule has 1 aromatic rings. The zero-order valence-corrected chi connectivity index (χ0v) is 14.7. The van der Waals surface area contributed by atoms with Gasteiger partial charge in [-0.2, -0.15) is 0 Å². The fourth-order valence-corrected chi connectivity index (χ4v) is 1.96. The van der Waals surface area contributed by atoms with Crippen LogP contribution in [0, 0.1) is 10.1 Å². The van der Waals surface area contributed by atoms with Crippen molar-refractivity contribution in [2.75, 3.05) is 40.8 Å².